The highest BCUT2D eigenvalue weighted by atomic mass is 16.5. The van der Waals surface area contributed by atoms with E-state index in [1.54, 1.807) is 0 Å². The predicted octanol–water partition coefficient (Wildman–Crippen LogP) is 2.25. The summed E-state index contributed by atoms with van der Waals surface area (Å²) in [6, 6.07) is 0.673. The van der Waals surface area contributed by atoms with Crippen LogP contribution < -0.4 is 5.73 Å². The zero-order chi connectivity index (χ0) is 13.6. The third kappa shape index (κ3) is 2.33. The summed E-state index contributed by atoms with van der Waals surface area (Å²) in [7, 11) is 2.22. The number of hydrogen-bond acceptors (Lipinski definition) is 3. The maximum Gasteiger partial charge on any atom is 0.0662 e. The molecule has 0 radical (unpaired) electrons. The van der Waals surface area contributed by atoms with Crippen LogP contribution in [0.3, 0.4) is 0 Å². The summed E-state index contributed by atoms with van der Waals surface area (Å²) in [6.07, 6.45) is 4.12. The van der Waals surface area contributed by atoms with Crippen molar-refractivity contribution in [1.29, 1.82) is 0 Å². The molecule has 0 heterocycles. The first kappa shape index (κ1) is 14.3. The molecule has 3 unspecified atom stereocenters. The average Bonchev–Trinajstić information content (AvgIpc) is 3.11. The molecule has 0 saturated heterocycles. The summed E-state index contributed by atoms with van der Waals surface area (Å²) in [5.74, 6) is 0.907. The van der Waals surface area contributed by atoms with E-state index in [-0.39, 0.29) is 11.0 Å². The van der Waals surface area contributed by atoms with Crippen LogP contribution in [-0.4, -0.2) is 42.8 Å². The van der Waals surface area contributed by atoms with Crippen molar-refractivity contribution >= 4 is 0 Å². The maximum absolute atomic E-state index is 6.64. The highest BCUT2D eigenvalue weighted by molar-refractivity contribution is 5.15. The lowest BCUT2D eigenvalue weighted by molar-refractivity contribution is -0.157. The van der Waals surface area contributed by atoms with Crippen LogP contribution in [0.2, 0.25) is 0 Å². The molecule has 2 aliphatic carbocycles. The van der Waals surface area contributed by atoms with E-state index in [9.17, 15) is 0 Å². The molecule has 0 bridgehead atoms. The number of hydrogen-bond donors (Lipinski definition) is 1. The van der Waals surface area contributed by atoms with E-state index >= 15 is 0 Å². The van der Waals surface area contributed by atoms with Crippen molar-refractivity contribution in [2.24, 2.45) is 17.1 Å². The van der Waals surface area contributed by atoms with Crippen LogP contribution in [0.15, 0.2) is 0 Å². The first-order valence-corrected chi connectivity index (χ1v) is 7.42. The van der Waals surface area contributed by atoms with Gasteiger partial charge in [-0.25, -0.2) is 0 Å². The maximum atomic E-state index is 6.64. The second-order valence-corrected chi connectivity index (χ2v) is 7.02. The minimum absolute atomic E-state index is 0.0839. The van der Waals surface area contributed by atoms with E-state index in [1.165, 1.54) is 12.8 Å². The normalized spacial score (nSPS) is 36.5. The number of rotatable bonds is 6. The van der Waals surface area contributed by atoms with Crippen LogP contribution in [-0.2, 0) is 4.74 Å². The van der Waals surface area contributed by atoms with Gasteiger partial charge < -0.3 is 15.4 Å². The molecule has 2 saturated carbocycles. The third-order valence-electron chi connectivity index (χ3n) is 5.54. The molecule has 3 atom stereocenters. The molecular formula is C15H30N2O. The van der Waals surface area contributed by atoms with Gasteiger partial charge >= 0.3 is 0 Å². The molecule has 2 fully saturated rings. The van der Waals surface area contributed by atoms with Crippen molar-refractivity contribution < 1.29 is 4.74 Å². The highest BCUT2D eigenvalue weighted by Gasteiger charge is 2.58. The molecular weight excluding hydrogens is 224 g/mol. The third-order valence-corrected chi connectivity index (χ3v) is 5.54. The molecule has 2 aliphatic rings. The first-order chi connectivity index (χ1) is 8.32. The summed E-state index contributed by atoms with van der Waals surface area (Å²) in [5.41, 5.74) is 6.63. The Morgan fingerprint density at radius 3 is 2.44 bits per heavy atom. The molecule has 0 aromatic rings. The molecule has 106 valence electrons. The van der Waals surface area contributed by atoms with Gasteiger partial charge in [0.1, 0.15) is 0 Å². The fourth-order valence-corrected chi connectivity index (χ4v) is 3.30. The summed E-state index contributed by atoms with van der Waals surface area (Å²) < 4.78 is 5.79. The Hall–Kier alpha value is -0.120. The van der Waals surface area contributed by atoms with E-state index in [0.717, 1.165) is 25.5 Å². The topological polar surface area (TPSA) is 38.5 Å². The van der Waals surface area contributed by atoms with Gasteiger partial charge in [0.25, 0.3) is 0 Å². The lowest BCUT2D eigenvalue weighted by Gasteiger charge is -2.60. The van der Waals surface area contributed by atoms with Crippen LogP contribution in [0.25, 0.3) is 0 Å². The van der Waals surface area contributed by atoms with Gasteiger partial charge in [0.05, 0.1) is 6.10 Å². The van der Waals surface area contributed by atoms with Crippen molar-refractivity contribution in [2.45, 2.75) is 64.6 Å². The molecule has 2 rings (SSSR count). The lowest BCUT2D eigenvalue weighted by Crippen LogP contribution is -2.73. The Labute approximate surface area is 112 Å². The first-order valence-electron chi connectivity index (χ1n) is 7.42. The van der Waals surface area contributed by atoms with Gasteiger partial charge in [-0.2, -0.15) is 0 Å². The van der Waals surface area contributed by atoms with Crippen LogP contribution in [0.4, 0.5) is 0 Å². The molecule has 3 nitrogen and oxygen atoms in total. The van der Waals surface area contributed by atoms with Crippen LogP contribution >= 0.6 is 0 Å². The Morgan fingerprint density at radius 2 is 2.00 bits per heavy atom. The van der Waals surface area contributed by atoms with E-state index in [1.807, 2.05) is 0 Å². The van der Waals surface area contributed by atoms with Crippen molar-refractivity contribution in [3.8, 4) is 0 Å². The van der Waals surface area contributed by atoms with Crippen LogP contribution in [0.5, 0.6) is 0 Å². The summed E-state index contributed by atoms with van der Waals surface area (Å²) in [6.45, 7) is 10.7. The molecule has 18 heavy (non-hydrogen) atoms. The van der Waals surface area contributed by atoms with Gasteiger partial charge in [0.15, 0.2) is 0 Å². The van der Waals surface area contributed by atoms with Gasteiger partial charge in [0, 0.05) is 30.1 Å². The molecule has 0 amide bonds. The average molecular weight is 254 g/mol. The van der Waals surface area contributed by atoms with E-state index < -0.39 is 0 Å². The molecule has 0 spiro atoms. The van der Waals surface area contributed by atoms with E-state index in [0.29, 0.717) is 12.1 Å². The zero-order valence-electron chi connectivity index (χ0n) is 12.7. The molecule has 0 aromatic carbocycles. The predicted molar refractivity (Wildman–Crippen MR) is 75.5 cm³/mol. The smallest absolute Gasteiger partial charge is 0.0662 e. The summed E-state index contributed by atoms with van der Waals surface area (Å²) >= 11 is 0. The fraction of sp³-hybridized carbons (Fsp3) is 1.00. The standard InChI is InChI=1S/C15H30N2O/c1-6-18-13-9-15(16,14(13,3)4)10-17(5)11(2)12-7-8-12/h11-13H,6-10,16H2,1-5H3. The number of ether oxygens (including phenoxy) is 1. The van der Waals surface area contributed by atoms with E-state index in [4.69, 9.17) is 10.5 Å². The highest BCUT2D eigenvalue weighted by Crippen LogP contribution is 2.50. The Balaban J connectivity index is 1.92. The summed E-state index contributed by atoms with van der Waals surface area (Å²) in [5, 5.41) is 0. The van der Waals surface area contributed by atoms with Crippen LogP contribution in [0, 0.1) is 11.3 Å². The molecule has 3 heteroatoms. The van der Waals surface area contributed by atoms with Gasteiger partial charge in [-0.15, -0.1) is 0 Å². The molecule has 0 aliphatic heterocycles. The lowest BCUT2D eigenvalue weighted by atomic mass is 9.54. The number of nitrogens with zero attached hydrogens (tertiary/aromatic N) is 1. The zero-order valence-corrected chi connectivity index (χ0v) is 12.7. The largest absolute Gasteiger partial charge is 0.378 e. The Kier molecular flexibility index (Phi) is 3.79. The van der Waals surface area contributed by atoms with Crippen molar-refractivity contribution in [3.63, 3.8) is 0 Å². The van der Waals surface area contributed by atoms with Gasteiger partial charge in [-0.1, -0.05) is 13.8 Å². The van der Waals surface area contributed by atoms with Crippen molar-refractivity contribution in [1.82, 2.24) is 4.90 Å². The van der Waals surface area contributed by atoms with Crippen molar-refractivity contribution in [3.05, 3.63) is 0 Å². The second kappa shape index (κ2) is 4.77. The fourth-order valence-electron chi connectivity index (χ4n) is 3.30. The Bertz CT molecular complexity index is 301. The van der Waals surface area contributed by atoms with E-state index in [2.05, 4.69) is 39.6 Å². The SMILES string of the molecule is CCOC1CC(N)(CN(C)C(C)C2CC2)C1(C)C. The Morgan fingerprint density at radius 1 is 1.39 bits per heavy atom. The van der Waals surface area contributed by atoms with Gasteiger partial charge in [-0.05, 0) is 46.1 Å². The number of nitrogens with two attached hydrogens (primary N) is 1. The minimum atomic E-state index is -0.0925. The second-order valence-electron chi connectivity index (χ2n) is 7.02. The number of likely N-dealkylation sites (N-methyl/N-ethyl adjacent to an activating group) is 1. The quantitative estimate of drug-likeness (QED) is 0.790. The molecule has 2 N–H and O–H groups in total. The van der Waals surface area contributed by atoms with Gasteiger partial charge in [-0.3, -0.25) is 0 Å². The summed E-state index contributed by atoms with van der Waals surface area (Å²) in [4.78, 5) is 2.46. The minimum Gasteiger partial charge on any atom is -0.378 e. The van der Waals surface area contributed by atoms with Crippen LogP contribution in [0.1, 0.15) is 47.0 Å². The monoisotopic (exact) mass is 254 g/mol. The van der Waals surface area contributed by atoms with Crippen molar-refractivity contribution in [2.75, 3.05) is 20.2 Å². The molecule has 0 aromatic heterocycles. The van der Waals surface area contributed by atoms with Gasteiger partial charge in [0.2, 0.25) is 0 Å².